The van der Waals surface area contributed by atoms with Gasteiger partial charge in [0.05, 0.1) is 6.04 Å². The fourth-order valence-electron chi connectivity index (χ4n) is 3.72. The third-order valence-corrected chi connectivity index (χ3v) is 4.98. The summed E-state index contributed by atoms with van der Waals surface area (Å²) in [6.45, 7) is 1.87. The lowest BCUT2D eigenvalue weighted by Gasteiger charge is -2.47. The number of nitrogens with zero attached hydrogens (tertiary/aromatic N) is 1. The highest BCUT2D eigenvalue weighted by molar-refractivity contribution is 5.77. The van der Waals surface area contributed by atoms with Crippen LogP contribution < -0.4 is 10.1 Å². The third kappa shape index (κ3) is 3.70. The second-order valence-corrected chi connectivity index (χ2v) is 6.61. The molecular formula is C18H25FN2O3. The molecule has 1 spiro atoms. The van der Waals surface area contributed by atoms with E-state index in [4.69, 9.17) is 9.47 Å². The van der Waals surface area contributed by atoms with Crippen LogP contribution >= 0.6 is 0 Å². The van der Waals surface area contributed by atoms with Crippen LogP contribution in [0.2, 0.25) is 0 Å². The van der Waals surface area contributed by atoms with Crippen molar-refractivity contribution in [3.8, 4) is 5.75 Å². The first-order valence-electron chi connectivity index (χ1n) is 8.50. The number of likely N-dealkylation sites (tertiary alicyclic amines) is 1. The summed E-state index contributed by atoms with van der Waals surface area (Å²) in [5.41, 5.74) is 0.727. The lowest BCUT2D eigenvalue weighted by molar-refractivity contribution is -0.126. The maximum atomic E-state index is 12.6. The Hall–Kier alpha value is -1.66. The molecule has 5 nitrogen and oxygen atoms in total. The molecular weight excluding hydrogens is 311 g/mol. The Kier molecular flexibility index (Phi) is 5.36. The van der Waals surface area contributed by atoms with Gasteiger partial charge in [-0.15, -0.1) is 0 Å². The Bertz CT molecular complexity index is 573. The maximum Gasteiger partial charge on any atom is 0.246 e. The second-order valence-electron chi connectivity index (χ2n) is 6.61. The van der Waals surface area contributed by atoms with Gasteiger partial charge in [-0.05, 0) is 18.9 Å². The van der Waals surface area contributed by atoms with Crippen molar-refractivity contribution in [1.82, 2.24) is 10.2 Å². The predicted molar refractivity (Wildman–Crippen MR) is 88.8 cm³/mol. The lowest BCUT2D eigenvalue weighted by atomic mass is 9.80. The SMILES string of the molecule is COCC(=O)N[C@H]1CC2(CCN(CCF)CC2)Oc2ccccc21. The lowest BCUT2D eigenvalue weighted by Crippen LogP contribution is -2.52. The van der Waals surface area contributed by atoms with Gasteiger partial charge in [0.15, 0.2) is 0 Å². The van der Waals surface area contributed by atoms with Crippen LogP contribution in [0, 0.1) is 0 Å². The highest BCUT2D eigenvalue weighted by atomic mass is 19.1. The molecule has 0 aromatic heterocycles. The van der Waals surface area contributed by atoms with Gasteiger partial charge < -0.3 is 19.7 Å². The molecule has 1 N–H and O–H groups in total. The summed E-state index contributed by atoms with van der Waals surface area (Å²) in [7, 11) is 1.51. The zero-order chi connectivity index (χ0) is 17.0. The monoisotopic (exact) mass is 336 g/mol. The van der Waals surface area contributed by atoms with Crippen molar-refractivity contribution in [1.29, 1.82) is 0 Å². The molecule has 0 radical (unpaired) electrons. The van der Waals surface area contributed by atoms with Crippen molar-refractivity contribution in [3.63, 3.8) is 0 Å². The van der Waals surface area contributed by atoms with Crippen molar-refractivity contribution in [3.05, 3.63) is 29.8 Å². The molecule has 1 aromatic carbocycles. The largest absolute Gasteiger partial charge is 0.487 e. The molecule has 132 valence electrons. The number of amides is 1. The first-order chi connectivity index (χ1) is 11.7. The van der Waals surface area contributed by atoms with Crippen LogP contribution in [0.25, 0.3) is 0 Å². The number of fused-ring (bicyclic) bond motifs is 1. The molecule has 2 aliphatic heterocycles. The highest BCUT2D eigenvalue weighted by Crippen LogP contribution is 2.44. The minimum Gasteiger partial charge on any atom is -0.487 e. The zero-order valence-electron chi connectivity index (χ0n) is 14.1. The number of hydrogen-bond donors (Lipinski definition) is 1. The summed E-state index contributed by atoms with van der Waals surface area (Å²) in [6, 6.07) is 7.78. The molecule has 3 rings (SSSR count). The second kappa shape index (κ2) is 7.49. The molecule has 1 aromatic rings. The standard InChI is InChI=1S/C18H25FN2O3/c1-23-13-17(22)20-15-12-18(6-9-21(10-7-18)11-8-19)24-16-5-3-2-4-14(15)16/h2-5,15H,6-13H2,1H3,(H,20,22)/t15-/m0/s1. The van der Waals surface area contributed by atoms with Crippen LogP contribution in [0.3, 0.4) is 0 Å². The quantitative estimate of drug-likeness (QED) is 0.894. The number of carbonyl (C=O) groups is 1. The van der Waals surface area contributed by atoms with E-state index < -0.39 is 0 Å². The number of ether oxygens (including phenoxy) is 2. The van der Waals surface area contributed by atoms with Gasteiger partial charge in [-0.1, -0.05) is 18.2 Å². The van der Waals surface area contributed by atoms with Crippen molar-refractivity contribution >= 4 is 5.91 Å². The van der Waals surface area contributed by atoms with Crippen molar-refractivity contribution in [2.45, 2.75) is 30.9 Å². The van der Waals surface area contributed by atoms with Gasteiger partial charge in [0.1, 0.15) is 24.6 Å². The van der Waals surface area contributed by atoms with Crippen molar-refractivity contribution in [2.75, 3.05) is 40.0 Å². The molecule has 1 saturated heterocycles. The van der Waals surface area contributed by atoms with Gasteiger partial charge in [0.25, 0.3) is 0 Å². The number of alkyl halides is 1. The van der Waals surface area contributed by atoms with Crippen molar-refractivity contribution in [2.24, 2.45) is 0 Å². The van der Waals surface area contributed by atoms with Crippen LogP contribution in [0.5, 0.6) is 5.75 Å². The zero-order valence-corrected chi connectivity index (χ0v) is 14.1. The van der Waals surface area contributed by atoms with Gasteiger partial charge in [0, 0.05) is 38.7 Å². The Labute approximate surface area is 142 Å². The van der Waals surface area contributed by atoms with Gasteiger partial charge in [0.2, 0.25) is 5.91 Å². The van der Waals surface area contributed by atoms with E-state index in [-0.39, 0.29) is 30.8 Å². The number of para-hydroxylation sites is 1. The molecule has 0 bridgehead atoms. The molecule has 1 fully saturated rings. The van der Waals surface area contributed by atoms with E-state index in [2.05, 4.69) is 10.2 Å². The van der Waals surface area contributed by atoms with E-state index in [1.165, 1.54) is 7.11 Å². The summed E-state index contributed by atoms with van der Waals surface area (Å²) >= 11 is 0. The Morgan fingerprint density at radius 1 is 1.42 bits per heavy atom. The summed E-state index contributed by atoms with van der Waals surface area (Å²) in [5.74, 6) is 0.717. The number of methoxy groups -OCH3 is 1. The van der Waals surface area contributed by atoms with E-state index >= 15 is 0 Å². The number of nitrogens with one attached hydrogen (secondary N) is 1. The van der Waals surface area contributed by atoms with Crippen molar-refractivity contribution < 1.29 is 18.7 Å². The Morgan fingerprint density at radius 3 is 2.88 bits per heavy atom. The van der Waals surface area contributed by atoms with Gasteiger partial charge >= 0.3 is 0 Å². The first kappa shape index (κ1) is 17.2. The van der Waals surface area contributed by atoms with E-state index in [0.29, 0.717) is 6.54 Å². The first-order valence-corrected chi connectivity index (χ1v) is 8.50. The van der Waals surface area contributed by atoms with Gasteiger partial charge in [-0.25, -0.2) is 4.39 Å². The molecule has 0 aliphatic carbocycles. The smallest absolute Gasteiger partial charge is 0.246 e. The summed E-state index contributed by atoms with van der Waals surface area (Å²) in [5, 5.41) is 3.07. The number of carbonyl (C=O) groups excluding carboxylic acids is 1. The number of piperidine rings is 1. The maximum absolute atomic E-state index is 12.6. The fraction of sp³-hybridized carbons (Fsp3) is 0.611. The molecule has 2 heterocycles. The third-order valence-electron chi connectivity index (χ3n) is 4.98. The minimum absolute atomic E-state index is 0.0524. The highest BCUT2D eigenvalue weighted by Gasteiger charge is 2.43. The molecule has 2 aliphatic rings. The fourth-order valence-corrected chi connectivity index (χ4v) is 3.72. The van der Waals surface area contributed by atoms with E-state index in [1.807, 2.05) is 24.3 Å². The number of halogens is 1. The van der Waals surface area contributed by atoms with Crippen LogP contribution in [-0.2, 0) is 9.53 Å². The predicted octanol–water partition coefficient (Wildman–Crippen LogP) is 2.08. The van der Waals surface area contributed by atoms with E-state index in [0.717, 1.165) is 43.7 Å². The normalized spacial score (nSPS) is 22.7. The van der Waals surface area contributed by atoms with E-state index in [1.54, 1.807) is 0 Å². The average Bonchev–Trinajstić information content (AvgIpc) is 2.58. The molecule has 0 unspecified atom stereocenters. The molecule has 1 atom stereocenters. The summed E-state index contributed by atoms with van der Waals surface area (Å²) in [6.07, 6.45) is 2.43. The van der Waals surface area contributed by atoms with Crippen LogP contribution in [-0.4, -0.2) is 56.4 Å². The van der Waals surface area contributed by atoms with Gasteiger partial charge in [-0.3, -0.25) is 4.79 Å². The molecule has 6 heteroatoms. The Balaban J connectivity index is 1.76. The number of hydrogen-bond acceptors (Lipinski definition) is 4. The van der Waals surface area contributed by atoms with E-state index in [9.17, 15) is 9.18 Å². The van der Waals surface area contributed by atoms with Crippen LogP contribution in [0.1, 0.15) is 30.9 Å². The molecule has 1 amide bonds. The van der Waals surface area contributed by atoms with Gasteiger partial charge in [-0.2, -0.15) is 0 Å². The molecule has 0 saturated carbocycles. The summed E-state index contributed by atoms with van der Waals surface area (Å²) in [4.78, 5) is 14.1. The summed E-state index contributed by atoms with van der Waals surface area (Å²) < 4.78 is 23.8. The minimum atomic E-state index is -0.313. The topological polar surface area (TPSA) is 50.8 Å². The van der Waals surface area contributed by atoms with Crippen LogP contribution in [0.4, 0.5) is 4.39 Å². The molecule has 24 heavy (non-hydrogen) atoms. The number of benzene rings is 1. The van der Waals surface area contributed by atoms with Crippen LogP contribution in [0.15, 0.2) is 24.3 Å². The average molecular weight is 336 g/mol. The number of rotatable bonds is 5. The Morgan fingerprint density at radius 2 is 2.17 bits per heavy atom.